The molecule has 1 heterocycles. The molecule has 0 aliphatic carbocycles. The Labute approximate surface area is 126 Å². The van der Waals surface area contributed by atoms with Gasteiger partial charge in [0.05, 0.1) is 0 Å². The highest BCUT2D eigenvalue weighted by Gasteiger charge is 2.14. The molecule has 0 unspecified atom stereocenters. The molecule has 3 heteroatoms. The number of hydrogen-bond donors (Lipinski definition) is 0. The normalized spacial score (nSPS) is 12.5. The topological polar surface area (TPSA) is 31.2 Å². The van der Waals surface area contributed by atoms with Gasteiger partial charge in [0.15, 0.2) is 0 Å². The molecule has 112 valence electrons. The third-order valence-corrected chi connectivity index (χ3v) is 3.09. The highest BCUT2D eigenvalue weighted by molar-refractivity contribution is 5.89. The van der Waals surface area contributed by atoms with Crippen molar-refractivity contribution in [2.45, 2.75) is 46.3 Å². The summed E-state index contributed by atoms with van der Waals surface area (Å²) in [5, 5.41) is 1.18. The van der Waals surface area contributed by atoms with Crippen LogP contribution in [0.3, 0.4) is 0 Å². The lowest BCUT2D eigenvalue weighted by molar-refractivity contribution is -0.148. The lowest BCUT2D eigenvalue weighted by Gasteiger charge is -2.18. The first-order chi connectivity index (χ1) is 9.78. The van der Waals surface area contributed by atoms with Crippen molar-refractivity contribution in [3.8, 4) is 0 Å². The van der Waals surface area contributed by atoms with E-state index in [1.54, 1.807) is 0 Å². The first kappa shape index (κ1) is 15.4. The van der Waals surface area contributed by atoms with Crippen LogP contribution in [-0.2, 0) is 9.53 Å². The van der Waals surface area contributed by atoms with Crippen LogP contribution in [0.1, 0.15) is 46.4 Å². The molecule has 21 heavy (non-hydrogen) atoms. The maximum atomic E-state index is 11.8. The van der Waals surface area contributed by atoms with Crippen molar-refractivity contribution in [1.29, 1.82) is 0 Å². The summed E-state index contributed by atoms with van der Waals surface area (Å²) in [6.07, 6.45) is 3.33. The van der Waals surface area contributed by atoms with E-state index in [4.69, 9.17) is 4.74 Å². The van der Waals surface area contributed by atoms with Gasteiger partial charge in [0.25, 0.3) is 0 Å². The summed E-state index contributed by atoms with van der Waals surface area (Å²) in [6, 6.07) is 10.6. The monoisotopic (exact) mass is 285 g/mol. The molecule has 0 atom stereocenters. The fourth-order valence-electron chi connectivity index (χ4n) is 2.39. The SMILES string of the molecule is CC(C)n1c(C=CC(=O)OC(C)(C)C)cc2ccccc21. The smallest absolute Gasteiger partial charge is 0.331 e. The minimum atomic E-state index is -0.466. The van der Waals surface area contributed by atoms with E-state index >= 15 is 0 Å². The van der Waals surface area contributed by atoms with Crippen LogP contribution in [0.25, 0.3) is 17.0 Å². The summed E-state index contributed by atoms with van der Waals surface area (Å²) < 4.78 is 7.52. The lowest BCUT2D eigenvalue weighted by atomic mass is 10.2. The third kappa shape index (κ3) is 3.75. The number of nitrogens with zero attached hydrogens (tertiary/aromatic N) is 1. The Morgan fingerprint density at radius 1 is 1.24 bits per heavy atom. The summed E-state index contributed by atoms with van der Waals surface area (Å²) in [5.41, 5.74) is 1.72. The van der Waals surface area contributed by atoms with Crippen molar-refractivity contribution < 1.29 is 9.53 Å². The molecule has 0 radical (unpaired) electrons. The predicted octanol–water partition coefficient (Wildman–Crippen LogP) is 4.58. The first-order valence-corrected chi connectivity index (χ1v) is 7.29. The number of fused-ring (bicyclic) bond motifs is 1. The highest BCUT2D eigenvalue weighted by atomic mass is 16.6. The van der Waals surface area contributed by atoms with Crippen molar-refractivity contribution in [2.75, 3.05) is 0 Å². The molecule has 0 saturated heterocycles. The van der Waals surface area contributed by atoms with Crippen LogP contribution in [0.4, 0.5) is 0 Å². The van der Waals surface area contributed by atoms with E-state index in [1.807, 2.05) is 39.0 Å². The van der Waals surface area contributed by atoms with E-state index in [9.17, 15) is 4.79 Å². The minimum absolute atomic E-state index is 0.317. The molecule has 1 aromatic carbocycles. The van der Waals surface area contributed by atoms with Crippen molar-refractivity contribution in [1.82, 2.24) is 4.57 Å². The van der Waals surface area contributed by atoms with Gasteiger partial charge in [-0.05, 0) is 52.8 Å². The summed E-state index contributed by atoms with van der Waals surface area (Å²) >= 11 is 0. The molecule has 0 N–H and O–H groups in total. The molecule has 2 rings (SSSR count). The highest BCUT2D eigenvalue weighted by Crippen LogP contribution is 2.25. The number of carbonyl (C=O) groups is 1. The Balaban J connectivity index is 2.34. The van der Waals surface area contributed by atoms with E-state index in [1.165, 1.54) is 17.0 Å². The van der Waals surface area contributed by atoms with Crippen LogP contribution in [-0.4, -0.2) is 16.1 Å². The van der Waals surface area contributed by atoms with E-state index in [0.717, 1.165) is 5.69 Å². The summed E-state index contributed by atoms with van der Waals surface area (Å²) in [5.74, 6) is -0.317. The summed E-state index contributed by atoms with van der Waals surface area (Å²) in [7, 11) is 0. The molecule has 3 nitrogen and oxygen atoms in total. The molecule has 1 aromatic heterocycles. The average Bonchev–Trinajstić information content (AvgIpc) is 2.72. The molecular weight excluding hydrogens is 262 g/mol. The number of para-hydroxylation sites is 1. The molecular formula is C18H23NO2. The number of hydrogen-bond acceptors (Lipinski definition) is 2. The third-order valence-electron chi connectivity index (χ3n) is 3.09. The van der Waals surface area contributed by atoms with Crippen molar-refractivity contribution in [3.05, 3.63) is 42.1 Å². The van der Waals surface area contributed by atoms with Gasteiger partial charge in [-0.1, -0.05) is 18.2 Å². The van der Waals surface area contributed by atoms with E-state index in [0.29, 0.717) is 6.04 Å². The van der Waals surface area contributed by atoms with Crippen LogP contribution in [0.15, 0.2) is 36.4 Å². The second-order valence-electron chi connectivity index (χ2n) is 6.46. The number of esters is 1. The number of rotatable bonds is 3. The van der Waals surface area contributed by atoms with Crippen LogP contribution >= 0.6 is 0 Å². The first-order valence-electron chi connectivity index (χ1n) is 7.29. The van der Waals surface area contributed by atoms with Gasteiger partial charge in [0, 0.05) is 28.7 Å². The molecule has 0 aliphatic rings. The molecule has 0 saturated carbocycles. The quantitative estimate of drug-likeness (QED) is 0.610. The van der Waals surface area contributed by atoms with Gasteiger partial charge in [-0.25, -0.2) is 4.79 Å². The Bertz CT molecular complexity index is 672. The minimum Gasteiger partial charge on any atom is -0.457 e. The zero-order valence-electron chi connectivity index (χ0n) is 13.4. The standard InChI is InChI=1S/C18H23NO2/c1-13(2)19-15(10-11-17(20)21-18(3,4)5)12-14-8-6-7-9-16(14)19/h6-13H,1-5H3. The maximum Gasteiger partial charge on any atom is 0.331 e. The van der Waals surface area contributed by atoms with E-state index in [2.05, 4.69) is 36.6 Å². The lowest BCUT2D eigenvalue weighted by Crippen LogP contribution is -2.22. The Kier molecular flexibility index (Phi) is 4.21. The molecule has 0 fully saturated rings. The number of ether oxygens (including phenoxy) is 1. The fraction of sp³-hybridized carbons (Fsp3) is 0.389. The van der Waals surface area contributed by atoms with Gasteiger partial charge >= 0.3 is 5.97 Å². The number of benzene rings is 1. The molecule has 2 aromatic rings. The second-order valence-corrected chi connectivity index (χ2v) is 6.46. The van der Waals surface area contributed by atoms with Crippen LogP contribution in [0.2, 0.25) is 0 Å². The van der Waals surface area contributed by atoms with Gasteiger partial charge in [0.2, 0.25) is 0 Å². The number of aromatic nitrogens is 1. The fourth-order valence-corrected chi connectivity index (χ4v) is 2.39. The van der Waals surface area contributed by atoms with E-state index < -0.39 is 5.60 Å². The Morgan fingerprint density at radius 2 is 1.90 bits per heavy atom. The predicted molar refractivity (Wildman–Crippen MR) is 87.2 cm³/mol. The largest absolute Gasteiger partial charge is 0.457 e. The van der Waals surface area contributed by atoms with Crippen molar-refractivity contribution >= 4 is 22.9 Å². The number of carbonyl (C=O) groups excluding carboxylic acids is 1. The Morgan fingerprint density at radius 3 is 2.52 bits per heavy atom. The maximum absolute atomic E-state index is 11.8. The van der Waals surface area contributed by atoms with Gasteiger partial charge in [-0.2, -0.15) is 0 Å². The van der Waals surface area contributed by atoms with Gasteiger partial charge in [-0.3, -0.25) is 0 Å². The average molecular weight is 285 g/mol. The van der Waals surface area contributed by atoms with E-state index in [-0.39, 0.29) is 5.97 Å². The second kappa shape index (κ2) is 5.76. The van der Waals surface area contributed by atoms with Crippen molar-refractivity contribution in [3.63, 3.8) is 0 Å². The summed E-state index contributed by atoms with van der Waals surface area (Å²) in [4.78, 5) is 11.8. The Hall–Kier alpha value is -2.03. The van der Waals surface area contributed by atoms with Gasteiger partial charge in [-0.15, -0.1) is 0 Å². The van der Waals surface area contributed by atoms with Gasteiger partial charge < -0.3 is 9.30 Å². The van der Waals surface area contributed by atoms with Crippen LogP contribution in [0.5, 0.6) is 0 Å². The zero-order valence-corrected chi connectivity index (χ0v) is 13.4. The van der Waals surface area contributed by atoms with Crippen LogP contribution in [0, 0.1) is 0 Å². The molecule has 0 amide bonds. The molecule has 0 aliphatic heterocycles. The molecule has 0 spiro atoms. The summed E-state index contributed by atoms with van der Waals surface area (Å²) in [6.45, 7) is 9.87. The van der Waals surface area contributed by atoms with Gasteiger partial charge in [0.1, 0.15) is 5.60 Å². The molecule has 0 bridgehead atoms. The zero-order chi connectivity index (χ0) is 15.6. The van der Waals surface area contributed by atoms with Crippen molar-refractivity contribution in [2.24, 2.45) is 0 Å². The van der Waals surface area contributed by atoms with Crippen LogP contribution < -0.4 is 0 Å².